The molecule has 1 aliphatic heterocycles. The highest BCUT2D eigenvalue weighted by Gasteiger charge is 2.36. The van der Waals surface area contributed by atoms with Crippen LogP contribution in [-0.4, -0.2) is 24.4 Å². The summed E-state index contributed by atoms with van der Waals surface area (Å²) in [6.07, 6.45) is 0.107. The number of benzene rings is 2. The molecule has 2 atom stereocenters. The number of hydrogen-bond donors (Lipinski definition) is 1. The fourth-order valence-electron chi connectivity index (χ4n) is 3.25. The second-order valence-corrected chi connectivity index (χ2v) is 6.86. The van der Waals surface area contributed by atoms with Crippen LogP contribution in [0.25, 0.3) is 0 Å². The molecule has 1 heterocycles. The van der Waals surface area contributed by atoms with Crippen molar-refractivity contribution < 1.29 is 18.0 Å². The smallest absolute Gasteiger partial charge is 0.222 e. The second-order valence-electron chi connectivity index (χ2n) is 6.46. The number of halogens is 4. The highest BCUT2D eigenvalue weighted by Crippen LogP contribution is 2.36. The lowest BCUT2D eigenvalue weighted by atomic mass is 9.91. The van der Waals surface area contributed by atoms with Gasteiger partial charge in [0.15, 0.2) is 11.6 Å². The maximum absolute atomic E-state index is 14.4. The van der Waals surface area contributed by atoms with Crippen molar-refractivity contribution in [2.75, 3.05) is 18.9 Å². The van der Waals surface area contributed by atoms with Crippen LogP contribution in [0.4, 0.5) is 18.9 Å². The molecule has 0 radical (unpaired) electrons. The van der Waals surface area contributed by atoms with Gasteiger partial charge in [-0.15, -0.1) is 0 Å². The third-order valence-corrected chi connectivity index (χ3v) is 4.92. The number of carbonyl (C=O) groups is 1. The molecule has 4 nitrogen and oxygen atoms in total. The summed E-state index contributed by atoms with van der Waals surface area (Å²) in [6.45, 7) is 0.304. The maximum atomic E-state index is 14.4. The molecular weight excluding hydrogens is 379 g/mol. The molecule has 1 saturated heterocycles. The van der Waals surface area contributed by atoms with Crippen molar-refractivity contribution in [2.45, 2.75) is 12.5 Å². The first kappa shape index (κ1) is 19.1. The zero-order valence-corrected chi connectivity index (χ0v) is 15.0. The third kappa shape index (κ3) is 3.86. The van der Waals surface area contributed by atoms with Gasteiger partial charge in [-0.1, -0.05) is 11.6 Å². The van der Waals surface area contributed by atoms with Crippen LogP contribution in [0.1, 0.15) is 23.6 Å². The number of nitrogens with one attached hydrogen (secondary N) is 1. The zero-order valence-electron chi connectivity index (χ0n) is 14.3. The van der Waals surface area contributed by atoms with Crippen molar-refractivity contribution in [1.82, 2.24) is 4.90 Å². The van der Waals surface area contributed by atoms with E-state index in [4.69, 9.17) is 16.9 Å². The quantitative estimate of drug-likeness (QED) is 0.790. The molecule has 8 heteroatoms. The van der Waals surface area contributed by atoms with Crippen molar-refractivity contribution in [1.29, 1.82) is 5.26 Å². The van der Waals surface area contributed by atoms with Gasteiger partial charge < -0.3 is 10.2 Å². The SMILES string of the molecule is CN1C[C@@H](C(Nc2ccc(C#N)c(Cl)c2)c2cc(F)cc(F)c2F)CC1=O. The van der Waals surface area contributed by atoms with E-state index in [2.05, 4.69) is 5.32 Å². The fourth-order valence-corrected chi connectivity index (χ4v) is 3.47. The van der Waals surface area contributed by atoms with Gasteiger partial charge in [0.1, 0.15) is 11.9 Å². The summed E-state index contributed by atoms with van der Waals surface area (Å²) in [4.78, 5) is 13.4. The lowest BCUT2D eigenvalue weighted by Crippen LogP contribution is -2.25. The molecule has 1 unspecified atom stereocenters. The van der Waals surface area contributed by atoms with Gasteiger partial charge in [-0.3, -0.25) is 4.79 Å². The summed E-state index contributed by atoms with van der Waals surface area (Å²) < 4.78 is 41.9. The number of nitrogens with zero attached hydrogens (tertiary/aromatic N) is 2. The van der Waals surface area contributed by atoms with E-state index >= 15 is 0 Å². The van der Waals surface area contributed by atoms with E-state index in [0.29, 0.717) is 18.3 Å². The first-order chi connectivity index (χ1) is 12.8. The molecule has 1 N–H and O–H groups in total. The van der Waals surface area contributed by atoms with Crippen molar-refractivity contribution in [3.05, 3.63) is 63.9 Å². The van der Waals surface area contributed by atoms with Crippen molar-refractivity contribution >= 4 is 23.2 Å². The van der Waals surface area contributed by atoms with Crippen LogP contribution in [0.3, 0.4) is 0 Å². The highest BCUT2D eigenvalue weighted by molar-refractivity contribution is 6.32. The first-order valence-corrected chi connectivity index (χ1v) is 8.52. The third-order valence-electron chi connectivity index (χ3n) is 4.61. The molecule has 0 bridgehead atoms. The van der Waals surface area contributed by atoms with Crippen LogP contribution in [0, 0.1) is 34.7 Å². The van der Waals surface area contributed by atoms with Gasteiger partial charge in [0.05, 0.1) is 16.6 Å². The van der Waals surface area contributed by atoms with E-state index in [9.17, 15) is 18.0 Å². The largest absolute Gasteiger partial charge is 0.378 e. The van der Waals surface area contributed by atoms with Gasteiger partial charge in [-0.25, -0.2) is 13.2 Å². The van der Waals surface area contributed by atoms with Crippen molar-refractivity contribution in [3.63, 3.8) is 0 Å². The van der Waals surface area contributed by atoms with E-state index in [1.165, 1.54) is 17.0 Å². The number of likely N-dealkylation sites (tertiary alicyclic amines) is 1. The highest BCUT2D eigenvalue weighted by atomic mass is 35.5. The van der Waals surface area contributed by atoms with Crippen molar-refractivity contribution in [3.8, 4) is 6.07 Å². The van der Waals surface area contributed by atoms with Crippen LogP contribution < -0.4 is 5.32 Å². The predicted octanol–water partition coefficient (Wildman–Crippen LogP) is 4.26. The standard InChI is InChI=1S/C19H15ClF3N3O/c1-26-9-11(4-17(26)27)19(14-5-12(21)6-16(22)18(14)23)25-13-3-2-10(8-24)15(20)7-13/h2-3,5-7,11,19,25H,4,9H2,1H3/t11-,19?/m0/s1. The van der Waals surface area contributed by atoms with Gasteiger partial charge in [0, 0.05) is 43.2 Å². The number of rotatable bonds is 4. The summed E-state index contributed by atoms with van der Waals surface area (Å²) in [5, 5.41) is 12.2. The lowest BCUT2D eigenvalue weighted by Gasteiger charge is -2.26. The van der Waals surface area contributed by atoms with E-state index in [1.54, 1.807) is 13.1 Å². The summed E-state index contributed by atoms with van der Waals surface area (Å²) in [5.74, 6) is -3.93. The molecule has 27 heavy (non-hydrogen) atoms. The summed E-state index contributed by atoms with van der Waals surface area (Å²) in [7, 11) is 1.61. The number of amides is 1. The Morgan fingerprint density at radius 3 is 2.63 bits per heavy atom. The Morgan fingerprint density at radius 2 is 2.04 bits per heavy atom. The van der Waals surface area contributed by atoms with Crippen LogP contribution in [0.5, 0.6) is 0 Å². The van der Waals surface area contributed by atoms with E-state index in [0.717, 1.165) is 6.07 Å². The maximum Gasteiger partial charge on any atom is 0.222 e. The molecule has 1 fully saturated rings. The average Bonchev–Trinajstić information content (AvgIpc) is 2.95. The topological polar surface area (TPSA) is 56.1 Å². The van der Waals surface area contributed by atoms with E-state index < -0.39 is 29.4 Å². The molecule has 0 spiro atoms. The molecule has 1 amide bonds. The minimum atomic E-state index is -1.30. The number of carbonyl (C=O) groups excluding carboxylic acids is 1. The molecule has 3 rings (SSSR count). The summed E-state index contributed by atoms with van der Waals surface area (Å²) in [6, 6.07) is 6.97. The molecule has 0 saturated carbocycles. The molecule has 1 aliphatic rings. The minimum Gasteiger partial charge on any atom is -0.378 e. The summed E-state index contributed by atoms with van der Waals surface area (Å²) in [5.41, 5.74) is 0.494. The molecule has 0 aromatic heterocycles. The molecule has 140 valence electrons. The van der Waals surface area contributed by atoms with Crippen LogP contribution in [0.15, 0.2) is 30.3 Å². The van der Waals surface area contributed by atoms with Gasteiger partial charge >= 0.3 is 0 Å². The first-order valence-electron chi connectivity index (χ1n) is 8.14. The van der Waals surface area contributed by atoms with Crippen LogP contribution in [0.2, 0.25) is 5.02 Å². The molecule has 2 aromatic carbocycles. The normalized spacial score (nSPS) is 17.7. The van der Waals surface area contributed by atoms with E-state index in [-0.39, 0.29) is 28.5 Å². The second kappa shape index (κ2) is 7.49. The monoisotopic (exact) mass is 393 g/mol. The zero-order chi connectivity index (χ0) is 19.7. The van der Waals surface area contributed by atoms with Crippen LogP contribution in [-0.2, 0) is 4.79 Å². The van der Waals surface area contributed by atoms with Gasteiger partial charge in [0.2, 0.25) is 5.91 Å². The molecule has 0 aliphatic carbocycles. The molecular formula is C19H15ClF3N3O. The Balaban J connectivity index is 2.02. The Morgan fingerprint density at radius 1 is 1.30 bits per heavy atom. The number of nitriles is 1. The molecule has 2 aromatic rings. The average molecular weight is 394 g/mol. The fraction of sp³-hybridized carbons (Fsp3) is 0.263. The lowest BCUT2D eigenvalue weighted by molar-refractivity contribution is -0.126. The Kier molecular flexibility index (Phi) is 5.29. The Hall–Kier alpha value is -2.72. The predicted molar refractivity (Wildman–Crippen MR) is 94.6 cm³/mol. The van der Waals surface area contributed by atoms with Gasteiger partial charge in [-0.05, 0) is 24.3 Å². The van der Waals surface area contributed by atoms with Gasteiger partial charge in [-0.2, -0.15) is 5.26 Å². The Bertz CT molecular complexity index is 945. The Labute approximate surface area is 159 Å². The summed E-state index contributed by atoms with van der Waals surface area (Å²) >= 11 is 6.03. The van der Waals surface area contributed by atoms with E-state index in [1.807, 2.05) is 6.07 Å². The van der Waals surface area contributed by atoms with Crippen molar-refractivity contribution in [2.24, 2.45) is 5.92 Å². The number of hydrogen-bond acceptors (Lipinski definition) is 3. The minimum absolute atomic E-state index is 0.107. The van der Waals surface area contributed by atoms with Gasteiger partial charge in [0.25, 0.3) is 0 Å². The number of anilines is 1. The van der Waals surface area contributed by atoms with Crippen LogP contribution >= 0.6 is 11.6 Å².